The number of hydrogen-bond acceptors (Lipinski definition) is 4. The maximum absolute atomic E-state index is 13.4. The Morgan fingerprint density at radius 3 is 1.12 bits per heavy atom. The summed E-state index contributed by atoms with van der Waals surface area (Å²) in [6.45, 7) is 16.5. The van der Waals surface area contributed by atoms with Crippen molar-refractivity contribution in [1.29, 1.82) is 0 Å². The Labute approximate surface area is 250 Å². The van der Waals surface area contributed by atoms with E-state index < -0.39 is 31.4 Å². The SMILES string of the molecule is Cc1ccc(C(C)(C)C)cc1S(=O)c1ccc(S(=O)(=O)c2ccc(S(=O)c3cc(C(C)(C)C)ccc3C)cc2)cc1. The van der Waals surface area contributed by atoms with Crippen LogP contribution in [0.5, 0.6) is 0 Å². The second-order valence-electron chi connectivity index (χ2n) is 12.4. The van der Waals surface area contributed by atoms with Gasteiger partial charge in [-0.3, -0.25) is 0 Å². The molecule has 4 rings (SSSR count). The molecule has 4 nitrogen and oxygen atoms in total. The molecule has 0 aromatic heterocycles. The molecule has 4 aromatic rings. The van der Waals surface area contributed by atoms with E-state index in [1.807, 2.05) is 38.1 Å². The number of hydrogen-bond donors (Lipinski definition) is 0. The van der Waals surface area contributed by atoms with E-state index >= 15 is 0 Å². The molecule has 2 unspecified atom stereocenters. The Bertz CT molecular complexity index is 1610. The highest BCUT2D eigenvalue weighted by Crippen LogP contribution is 2.31. The summed E-state index contributed by atoms with van der Waals surface area (Å²) < 4.78 is 53.7. The molecule has 0 fully saturated rings. The molecule has 0 aliphatic heterocycles. The Morgan fingerprint density at radius 2 is 0.829 bits per heavy atom. The largest absolute Gasteiger partial charge is 0.249 e. The minimum Gasteiger partial charge on any atom is -0.249 e. The van der Waals surface area contributed by atoms with Crippen LogP contribution in [-0.2, 0) is 42.3 Å². The van der Waals surface area contributed by atoms with Crippen LogP contribution in [0.25, 0.3) is 0 Å². The highest BCUT2D eigenvalue weighted by molar-refractivity contribution is 7.91. The van der Waals surface area contributed by atoms with Gasteiger partial charge in [-0.2, -0.15) is 0 Å². The van der Waals surface area contributed by atoms with Crippen LogP contribution in [0.1, 0.15) is 63.8 Å². The molecule has 0 spiro atoms. The molecular formula is C34H38O4S3. The van der Waals surface area contributed by atoms with E-state index in [4.69, 9.17) is 0 Å². The van der Waals surface area contributed by atoms with Gasteiger partial charge in [0.05, 0.1) is 31.4 Å². The Balaban J connectivity index is 1.59. The summed E-state index contributed by atoms with van der Waals surface area (Å²) in [6.07, 6.45) is 0. The minimum absolute atomic E-state index is 0.0813. The van der Waals surface area contributed by atoms with E-state index in [2.05, 4.69) is 53.7 Å². The third-order valence-electron chi connectivity index (χ3n) is 7.20. The topological polar surface area (TPSA) is 68.3 Å². The normalized spacial score (nSPS) is 14.0. The third-order valence-corrected chi connectivity index (χ3v) is 12.1. The van der Waals surface area contributed by atoms with Crippen LogP contribution in [0.3, 0.4) is 0 Å². The number of sulfone groups is 1. The first-order valence-corrected chi connectivity index (χ1v) is 17.3. The molecule has 4 aromatic carbocycles. The van der Waals surface area contributed by atoms with E-state index in [0.717, 1.165) is 32.0 Å². The zero-order valence-electron chi connectivity index (χ0n) is 24.9. The van der Waals surface area contributed by atoms with Crippen molar-refractivity contribution >= 4 is 31.4 Å². The molecule has 7 heteroatoms. The molecule has 0 saturated heterocycles. The lowest BCUT2D eigenvalue weighted by atomic mass is 9.87. The van der Waals surface area contributed by atoms with Crippen LogP contribution in [0, 0.1) is 13.8 Å². The standard InChI is InChI=1S/C34H38O4S3/c1-23-9-11-25(33(3,4)5)21-31(23)39(35)27-13-17-29(18-14-27)41(37,38)30-19-15-28(16-20-30)40(36)32-22-26(34(6,7)8)12-10-24(32)2/h9-22H,1-8H3. The first-order valence-electron chi connectivity index (χ1n) is 13.5. The quantitative estimate of drug-likeness (QED) is 0.223. The first kappa shape index (κ1) is 31.1. The van der Waals surface area contributed by atoms with Crippen molar-refractivity contribution in [2.24, 2.45) is 0 Å². The van der Waals surface area contributed by atoms with E-state index in [9.17, 15) is 16.8 Å². The summed E-state index contributed by atoms with van der Waals surface area (Å²) in [7, 11) is -6.72. The molecule has 0 aliphatic rings. The average Bonchev–Trinajstić information content (AvgIpc) is 2.91. The van der Waals surface area contributed by atoms with Gasteiger partial charge in [-0.1, -0.05) is 65.8 Å². The summed E-state index contributed by atoms with van der Waals surface area (Å²) in [5.41, 5.74) is 3.86. The van der Waals surface area contributed by atoms with E-state index in [0.29, 0.717) is 9.79 Å². The minimum atomic E-state index is -3.82. The number of benzene rings is 4. The van der Waals surface area contributed by atoms with E-state index in [1.54, 1.807) is 24.3 Å². The molecule has 41 heavy (non-hydrogen) atoms. The van der Waals surface area contributed by atoms with Crippen molar-refractivity contribution in [1.82, 2.24) is 0 Å². The summed E-state index contributed by atoms with van der Waals surface area (Å²) in [6, 6.07) is 24.5. The molecule has 0 amide bonds. The molecule has 0 bridgehead atoms. The average molecular weight is 607 g/mol. The number of rotatable bonds is 6. The Hall–Kier alpha value is -2.87. The molecule has 0 radical (unpaired) electrons. The Morgan fingerprint density at radius 1 is 0.512 bits per heavy atom. The zero-order chi connectivity index (χ0) is 30.3. The smallest absolute Gasteiger partial charge is 0.206 e. The first-order chi connectivity index (χ1) is 19.0. The van der Waals surface area contributed by atoms with Crippen LogP contribution < -0.4 is 0 Å². The lowest BCUT2D eigenvalue weighted by molar-refractivity contribution is 0.587. The van der Waals surface area contributed by atoms with Crippen LogP contribution in [0.2, 0.25) is 0 Å². The monoisotopic (exact) mass is 606 g/mol. The van der Waals surface area contributed by atoms with Crippen LogP contribution >= 0.6 is 0 Å². The molecule has 0 aliphatic carbocycles. The van der Waals surface area contributed by atoms with Crippen molar-refractivity contribution < 1.29 is 16.8 Å². The van der Waals surface area contributed by atoms with Crippen LogP contribution in [0.4, 0.5) is 0 Å². The fourth-order valence-corrected chi connectivity index (χ4v) is 8.13. The summed E-state index contributed by atoms with van der Waals surface area (Å²) in [5.74, 6) is 0. The van der Waals surface area contributed by atoms with Gasteiger partial charge in [0.25, 0.3) is 0 Å². The molecule has 0 N–H and O–H groups in total. The van der Waals surface area contributed by atoms with Gasteiger partial charge < -0.3 is 0 Å². The van der Waals surface area contributed by atoms with Gasteiger partial charge in [-0.25, -0.2) is 16.8 Å². The summed E-state index contributed by atoms with van der Waals surface area (Å²) in [4.78, 5) is 2.75. The lowest BCUT2D eigenvalue weighted by Gasteiger charge is -2.20. The van der Waals surface area contributed by atoms with Crippen LogP contribution in [-0.4, -0.2) is 16.8 Å². The van der Waals surface area contributed by atoms with Gasteiger partial charge in [-0.15, -0.1) is 0 Å². The molecule has 0 saturated carbocycles. The van der Waals surface area contributed by atoms with Crippen molar-refractivity contribution in [2.75, 3.05) is 0 Å². The van der Waals surface area contributed by atoms with E-state index in [-0.39, 0.29) is 20.6 Å². The van der Waals surface area contributed by atoms with Crippen molar-refractivity contribution in [3.8, 4) is 0 Å². The second-order valence-corrected chi connectivity index (χ2v) is 17.3. The van der Waals surface area contributed by atoms with Gasteiger partial charge in [0, 0.05) is 19.6 Å². The van der Waals surface area contributed by atoms with Gasteiger partial charge in [0.1, 0.15) is 0 Å². The maximum atomic E-state index is 13.4. The lowest BCUT2D eigenvalue weighted by Crippen LogP contribution is -2.12. The summed E-state index contributed by atoms with van der Waals surface area (Å²) >= 11 is 0. The highest BCUT2D eigenvalue weighted by atomic mass is 32.2. The zero-order valence-corrected chi connectivity index (χ0v) is 27.4. The van der Waals surface area contributed by atoms with Crippen molar-refractivity contribution in [2.45, 2.75) is 95.6 Å². The molecule has 2 atom stereocenters. The van der Waals surface area contributed by atoms with Gasteiger partial charge >= 0.3 is 0 Å². The van der Waals surface area contributed by atoms with Crippen LogP contribution in [0.15, 0.2) is 114 Å². The molecular weight excluding hydrogens is 569 g/mol. The fraction of sp³-hybridized carbons (Fsp3) is 0.294. The van der Waals surface area contributed by atoms with Crippen molar-refractivity contribution in [3.05, 3.63) is 107 Å². The maximum Gasteiger partial charge on any atom is 0.206 e. The van der Waals surface area contributed by atoms with Gasteiger partial charge in [0.2, 0.25) is 9.84 Å². The highest BCUT2D eigenvalue weighted by Gasteiger charge is 2.22. The third kappa shape index (κ3) is 6.63. The molecule has 0 heterocycles. The fourth-order valence-electron chi connectivity index (χ4n) is 4.41. The van der Waals surface area contributed by atoms with Crippen molar-refractivity contribution in [3.63, 3.8) is 0 Å². The second kappa shape index (κ2) is 11.4. The number of aryl methyl sites for hydroxylation is 2. The van der Waals surface area contributed by atoms with Gasteiger partial charge in [-0.05, 0) is 108 Å². The predicted octanol–water partition coefficient (Wildman–Crippen LogP) is 8.06. The van der Waals surface area contributed by atoms with E-state index in [1.165, 1.54) is 24.3 Å². The molecule has 216 valence electrons. The summed E-state index contributed by atoms with van der Waals surface area (Å²) in [5, 5.41) is 0. The predicted molar refractivity (Wildman–Crippen MR) is 167 cm³/mol. The Kier molecular flexibility index (Phi) is 8.66. The van der Waals surface area contributed by atoms with Gasteiger partial charge in [0.15, 0.2) is 0 Å².